The summed E-state index contributed by atoms with van der Waals surface area (Å²) < 4.78 is 0. The maximum absolute atomic E-state index is 3.92. The molecule has 0 saturated carbocycles. The SMILES string of the molecule is CCCS.[K]. The Labute approximate surface area is 81.5 Å². The molecular weight excluding hydrogens is 107 g/mol. The average Bonchev–Trinajstić information content (AvgIpc) is 1.37. The van der Waals surface area contributed by atoms with Crippen molar-refractivity contribution in [1.29, 1.82) is 0 Å². The van der Waals surface area contributed by atoms with Crippen LogP contribution in [0.15, 0.2) is 0 Å². The first-order chi connectivity index (χ1) is 1.91. The molecule has 0 bridgehead atoms. The molecule has 0 aliphatic heterocycles. The summed E-state index contributed by atoms with van der Waals surface area (Å²) in [7, 11) is 0. The van der Waals surface area contributed by atoms with Gasteiger partial charge < -0.3 is 0 Å². The van der Waals surface area contributed by atoms with Crippen LogP contribution in [-0.4, -0.2) is 57.1 Å². The van der Waals surface area contributed by atoms with Crippen molar-refractivity contribution in [2.75, 3.05) is 5.75 Å². The van der Waals surface area contributed by atoms with E-state index in [0.717, 1.165) is 5.75 Å². The van der Waals surface area contributed by atoms with Gasteiger partial charge in [-0.3, -0.25) is 0 Å². The van der Waals surface area contributed by atoms with Crippen molar-refractivity contribution in [3.63, 3.8) is 0 Å². The smallest absolute Gasteiger partial charge is 0 e. The number of thiol groups is 1. The molecule has 0 fully saturated rings. The fourth-order valence-electron chi connectivity index (χ4n) is 0. The van der Waals surface area contributed by atoms with Crippen LogP contribution in [0.1, 0.15) is 13.3 Å². The topological polar surface area (TPSA) is 0 Å². The molecule has 2 heteroatoms. The summed E-state index contributed by atoms with van der Waals surface area (Å²) in [5, 5.41) is 0. The molecule has 0 aliphatic carbocycles. The van der Waals surface area contributed by atoms with Gasteiger partial charge in [-0.2, -0.15) is 12.6 Å². The number of rotatable bonds is 1. The molecular formula is C3H8KS. The third kappa shape index (κ3) is 10.7. The van der Waals surface area contributed by atoms with Crippen molar-refractivity contribution in [3.05, 3.63) is 0 Å². The molecule has 5 heavy (non-hydrogen) atoms. The Bertz CT molecular complexity index is 8.85. The second kappa shape index (κ2) is 9.37. The van der Waals surface area contributed by atoms with Crippen LogP contribution in [0.25, 0.3) is 0 Å². The van der Waals surface area contributed by atoms with Crippen molar-refractivity contribution in [3.8, 4) is 0 Å². The Hall–Kier alpha value is 1.99. The summed E-state index contributed by atoms with van der Waals surface area (Å²) in [6.07, 6.45) is 1.18. The molecule has 27 valence electrons. The van der Waals surface area contributed by atoms with Crippen molar-refractivity contribution in [2.45, 2.75) is 13.3 Å². The summed E-state index contributed by atoms with van der Waals surface area (Å²) in [5.41, 5.74) is 0. The minimum absolute atomic E-state index is 0. The van der Waals surface area contributed by atoms with Crippen LogP contribution in [0, 0.1) is 0 Å². The van der Waals surface area contributed by atoms with Gasteiger partial charge in [-0.1, -0.05) is 6.92 Å². The fourth-order valence-corrected chi connectivity index (χ4v) is 0. The second-order valence-electron chi connectivity index (χ2n) is 0.724. The van der Waals surface area contributed by atoms with E-state index in [0.29, 0.717) is 0 Å². The second-order valence-corrected chi connectivity index (χ2v) is 1.17. The van der Waals surface area contributed by atoms with Gasteiger partial charge in [0.1, 0.15) is 0 Å². The van der Waals surface area contributed by atoms with E-state index in [1.54, 1.807) is 0 Å². The molecule has 0 aliphatic rings. The first kappa shape index (κ1) is 10.1. The largest absolute Gasteiger partial charge is 0.179 e. The summed E-state index contributed by atoms with van der Waals surface area (Å²) in [4.78, 5) is 0. The minimum atomic E-state index is 0. The van der Waals surface area contributed by atoms with E-state index in [2.05, 4.69) is 19.6 Å². The fraction of sp³-hybridized carbons (Fsp3) is 1.00. The van der Waals surface area contributed by atoms with E-state index in [9.17, 15) is 0 Å². The van der Waals surface area contributed by atoms with Crippen LogP contribution in [0.3, 0.4) is 0 Å². The summed E-state index contributed by atoms with van der Waals surface area (Å²) >= 11 is 3.92. The maximum Gasteiger partial charge on any atom is 0 e. The number of hydrogen-bond donors (Lipinski definition) is 1. The normalized spacial score (nSPS) is 6.00. The predicted molar refractivity (Wildman–Crippen MR) is 29.9 cm³/mol. The third-order valence-corrected chi connectivity index (χ3v) is 0.671. The van der Waals surface area contributed by atoms with Gasteiger partial charge in [0.15, 0.2) is 0 Å². The van der Waals surface area contributed by atoms with E-state index in [1.165, 1.54) is 6.42 Å². The molecule has 0 amide bonds. The Morgan fingerprint density at radius 2 is 1.80 bits per heavy atom. The van der Waals surface area contributed by atoms with Crippen molar-refractivity contribution in [2.24, 2.45) is 0 Å². The Morgan fingerprint density at radius 3 is 1.80 bits per heavy atom. The zero-order chi connectivity index (χ0) is 3.41. The maximum atomic E-state index is 3.92. The van der Waals surface area contributed by atoms with E-state index in [-0.39, 0.29) is 51.4 Å². The van der Waals surface area contributed by atoms with Crippen LogP contribution in [-0.2, 0) is 0 Å². The van der Waals surface area contributed by atoms with Crippen molar-refractivity contribution < 1.29 is 0 Å². The van der Waals surface area contributed by atoms with Gasteiger partial charge in [0.25, 0.3) is 0 Å². The van der Waals surface area contributed by atoms with E-state index < -0.39 is 0 Å². The molecule has 0 aromatic carbocycles. The van der Waals surface area contributed by atoms with Crippen LogP contribution >= 0.6 is 12.6 Å². The third-order valence-electron chi connectivity index (χ3n) is 0.224. The summed E-state index contributed by atoms with van der Waals surface area (Å²) in [5.74, 6) is 1.01. The molecule has 0 heterocycles. The van der Waals surface area contributed by atoms with Crippen molar-refractivity contribution in [1.82, 2.24) is 0 Å². The molecule has 0 spiro atoms. The minimum Gasteiger partial charge on any atom is -0.179 e. The van der Waals surface area contributed by atoms with Gasteiger partial charge >= 0.3 is 0 Å². The van der Waals surface area contributed by atoms with Gasteiger partial charge in [0.05, 0.1) is 0 Å². The molecule has 0 aromatic rings. The van der Waals surface area contributed by atoms with E-state index in [4.69, 9.17) is 0 Å². The Morgan fingerprint density at radius 1 is 1.60 bits per heavy atom. The van der Waals surface area contributed by atoms with Crippen LogP contribution in [0.4, 0.5) is 0 Å². The van der Waals surface area contributed by atoms with Gasteiger partial charge in [-0.25, -0.2) is 0 Å². The van der Waals surface area contributed by atoms with Gasteiger partial charge in [-0.15, -0.1) is 0 Å². The predicted octanol–water partition coefficient (Wildman–Crippen LogP) is 0.945. The zero-order valence-corrected chi connectivity index (χ0v) is 7.88. The molecule has 0 atom stereocenters. The summed E-state index contributed by atoms with van der Waals surface area (Å²) in [6.45, 7) is 2.10. The van der Waals surface area contributed by atoms with E-state index >= 15 is 0 Å². The molecule has 0 rings (SSSR count). The van der Waals surface area contributed by atoms with Crippen molar-refractivity contribution >= 4 is 64.0 Å². The Kier molecular flexibility index (Phi) is 18.9. The average molecular weight is 115 g/mol. The van der Waals surface area contributed by atoms with Crippen LogP contribution in [0.2, 0.25) is 0 Å². The molecule has 0 aromatic heterocycles. The number of hydrogen-bond acceptors (Lipinski definition) is 1. The first-order valence-corrected chi connectivity index (χ1v) is 2.16. The standard InChI is InChI=1S/C3H8S.K/c1-2-3-4;/h4H,2-3H2,1H3;. The Balaban J connectivity index is 0. The molecule has 0 nitrogen and oxygen atoms in total. The van der Waals surface area contributed by atoms with Gasteiger partial charge in [0.2, 0.25) is 0 Å². The quantitative estimate of drug-likeness (QED) is 0.382. The molecule has 0 N–H and O–H groups in total. The molecule has 1 radical (unpaired) electrons. The summed E-state index contributed by atoms with van der Waals surface area (Å²) in [6, 6.07) is 0. The molecule has 0 saturated heterocycles. The van der Waals surface area contributed by atoms with Gasteiger partial charge in [0, 0.05) is 51.4 Å². The molecule has 0 unspecified atom stereocenters. The van der Waals surface area contributed by atoms with Gasteiger partial charge in [-0.05, 0) is 12.2 Å². The monoisotopic (exact) mass is 115 g/mol. The van der Waals surface area contributed by atoms with Crippen LogP contribution in [0.5, 0.6) is 0 Å². The van der Waals surface area contributed by atoms with Crippen LogP contribution < -0.4 is 0 Å². The first-order valence-electron chi connectivity index (χ1n) is 1.52. The zero-order valence-electron chi connectivity index (χ0n) is 3.86. The van der Waals surface area contributed by atoms with E-state index in [1.807, 2.05) is 0 Å².